The second-order valence-electron chi connectivity index (χ2n) is 2.23. The highest BCUT2D eigenvalue weighted by Crippen LogP contribution is 2.16. The molecule has 0 aliphatic rings. The summed E-state index contributed by atoms with van der Waals surface area (Å²) in [5.74, 6) is 0.319. The zero-order valence-electron chi connectivity index (χ0n) is 6.46. The molecule has 10 heavy (non-hydrogen) atoms. The molecular formula is C7H14O2S. The number of carbonyl (C=O) groups is 1. The summed E-state index contributed by atoms with van der Waals surface area (Å²) >= 11 is 1.44. The van der Waals surface area contributed by atoms with Crippen molar-refractivity contribution in [1.29, 1.82) is 0 Å². The van der Waals surface area contributed by atoms with Gasteiger partial charge in [-0.2, -0.15) is 0 Å². The molecule has 0 saturated heterocycles. The van der Waals surface area contributed by atoms with Gasteiger partial charge in [-0.3, -0.25) is 4.79 Å². The van der Waals surface area contributed by atoms with E-state index in [0.29, 0.717) is 11.7 Å². The van der Waals surface area contributed by atoms with Crippen LogP contribution < -0.4 is 0 Å². The van der Waals surface area contributed by atoms with Crippen molar-refractivity contribution in [3.8, 4) is 0 Å². The Balaban J connectivity index is 3.49. The number of aliphatic hydroxyl groups is 1. The Morgan fingerprint density at radius 1 is 1.70 bits per heavy atom. The summed E-state index contributed by atoms with van der Waals surface area (Å²) in [6, 6.07) is 0. The molecule has 0 bridgehead atoms. The molecule has 0 heterocycles. The van der Waals surface area contributed by atoms with Crippen LogP contribution in [0.2, 0.25) is 0 Å². The standard InChI is InChI=1S/C7H14O2S/c1-3-7(10-5-8)4-6(2)9/h7-8H,3-5H2,1-2H3. The fourth-order valence-corrected chi connectivity index (χ4v) is 1.55. The third kappa shape index (κ3) is 4.82. The van der Waals surface area contributed by atoms with Crippen LogP contribution in [0.5, 0.6) is 0 Å². The summed E-state index contributed by atoms with van der Waals surface area (Å²) < 4.78 is 0. The molecule has 0 rings (SSSR count). The van der Waals surface area contributed by atoms with E-state index in [2.05, 4.69) is 0 Å². The largest absolute Gasteiger partial charge is 0.386 e. The molecule has 0 aliphatic heterocycles. The van der Waals surface area contributed by atoms with Crippen molar-refractivity contribution in [1.82, 2.24) is 0 Å². The van der Waals surface area contributed by atoms with Crippen molar-refractivity contribution in [2.45, 2.75) is 31.9 Å². The van der Waals surface area contributed by atoms with Gasteiger partial charge in [0.15, 0.2) is 0 Å². The van der Waals surface area contributed by atoms with Crippen molar-refractivity contribution in [3.05, 3.63) is 0 Å². The van der Waals surface area contributed by atoms with Crippen molar-refractivity contribution in [3.63, 3.8) is 0 Å². The molecule has 1 atom stereocenters. The lowest BCUT2D eigenvalue weighted by atomic mass is 10.2. The minimum absolute atomic E-state index is 0.117. The quantitative estimate of drug-likeness (QED) is 0.621. The van der Waals surface area contributed by atoms with Crippen LogP contribution in [0.1, 0.15) is 26.7 Å². The Morgan fingerprint density at radius 3 is 2.60 bits per heavy atom. The molecule has 60 valence electrons. The Hall–Kier alpha value is -0.0200. The van der Waals surface area contributed by atoms with Gasteiger partial charge in [0.1, 0.15) is 5.78 Å². The van der Waals surface area contributed by atoms with Crippen LogP contribution >= 0.6 is 11.8 Å². The number of Topliss-reactive ketones (excluding diaryl/α,β-unsaturated/α-hetero) is 1. The highest BCUT2D eigenvalue weighted by molar-refractivity contribution is 7.99. The van der Waals surface area contributed by atoms with E-state index >= 15 is 0 Å². The smallest absolute Gasteiger partial charge is 0.130 e. The molecule has 0 aromatic heterocycles. The number of aliphatic hydroxyl groups excluding tert-OH is 1. The van der Waals surface area contributed by atoms with Crippen LogP contribution in [0.4, 0.5) is 0 Å². The van der Waals surface area contributed by atoms with E-state index in [0.717, 1.165) is 6.42 Å². The van der Waals surface area contributed by atoms with Gasteiger partial charge in [-0.1, -0.05) is 6.92 Å². The summed E-state index contributed by atoms with van der Waals surface area (Å²) in [6.45, 7) is 3.61. The average molecular weight is 162 g/mol. The Bertz CT molecular complexity index is 104. The lowest BCUT2D eigenvalue weighted by molar-refractivity contribution is -0.117. The molecule has 0 aromatic carbocycles. The Morgan fingerprint density at radius 2 is 2.30 bits per heavy atom. The summed E-state index contributed by atoms with van der Waals surface area (Å²) in [5, 5.41) is 8.84. The zero-order valence-corrected chi connectivity index (χ0v) is 7.28. The first-order chi connectivity index (χ1) is 4.70. The molecule has 1 unspecified atom stereocenters. The number of hydrogen-bond acceptors (Lipinski definition) is 3. The van der Waals surface area contributed by atoms with E-state index in [1.165, 1.54) is 11.8 Å². The van der Waals surface area contributed by atoms with Gasteiger partial charge in [-0.25, -0.2) is 0 Å². The zero-order chi connectivity index (χ0) is 7.98. The highest BCUT2D eigenvalue weighted by atomic mass is 32.2. The molecule has 0 saturated carbocycles. The van der Waals surface area contributed by atoms with E-state index in [4.69, 9.17) is 5.11 Å². The van der Waals surface area contributed by atoms with Crippen molar-refractivity contribution in [2.75, 3.05) is 5.94 Å². The number of thioether (sulfide) groups is 1. The minimum atomic E-state index is 0.117. The third-order valence-corrected chi connectivity index (χ3v) is 2.40. The molecule has 3 heteroatoms. The van der Waals surface area contributed by atoms with Crippen LogP contribution in [0.25, 0.3) is 0 Å². The molecule has 0 aliphatic carbocycles. The van der Waals surface area contributed by atoms with E-state index in [-0.39, 0.29) is 11.7 Å². The van der Waals surface area contributed by atoms with E-state index in [1.807, 2.05) is 6.92 Å². The fourth-order valence-electron chi connectivity index (χ4n) is 0.747. The van der Waals surface area contributed by atoms with E-state index in [9.17, 15) is 4.79 Å². The maximum absolute atomic E-state index is 10.6. The summed E-state index contributed by atoms with van der Waals surface area (Å²) in [4.78, 5) is 10.6. The van der Waals surface area contributed by atoms with Crippen LogP contribution in [-0.4, -0.2) is 22.1 Å². The molecule has 1 N–H and O–H groups in total. The van der Waals surface area contributed by atoms with Gasteiger partial charge < -0.3 is 5.11 Å². The number of ketones is 1. The first kappa shape index (κ1) is 9.98. The highest BCUT2D eigenvalue weighted by Gasteiger charge is 2.07. The van der Waals surface area contributed by atoms with Crippen molar-refractivity contribution >= 4 is 17.5 Å². The summed E-state index contributed by atoms with van der Waals surface area (Å²) in [7, 11) is 0. The van der Waals surface area contributed by atoms with Crippen LogP contribution in [0, 0.1) is 0 Å². The molecule has 0 amide bonds. The molecular weight excluding hydrogens is 148 g/mol. The van der Waals surface area contributed by atoms with Gasteiger partial charge in [0.2, 0.25) is 0 Å². The van der Waals surface area contributed by atoms with Crippen LogP contribution in [0.3, 0.4) is 0 Å². The van der Waals surface area contributed by atoms with E-state index < -0.39 is 0 Å². The lowest BCUT2D eigenvalue weighted by Gasteiger charge is -2.09. The molecule has 0 spiro atoms. The maximum Gasteiger partial charge on any atom is 0.130 e. The number of rotatable bonds is 5. The Labute approximate surface area is 66.0 Å². The van der Waals surface area contributed by atoms with Gasteiger partial charge in [0.25, 0.3) is 0 Å². The van der Waals surface area contributed by atoms with E-state index in [1.54, 1.807) is 6.92 Å². The third-order valence-electron chi connectivity index (χ3n) is 1.28. The normalized spacial score (nSPS) is 13.1. The topological polar surface area (TPSA) is 37.3 Å². The lowest BCUT2D eigenvalue weighted by Crippen LogP contribution is -2.07. The van der Waals surface area contributed by atoms with Gasteiger partial charge in [-0.15, -0.1) is 11.8 Å². The SMILES string of the molecule is CCC(CC(C)=O)SCO. The average Bonchev–Trinajstić information content (AvgIpc) is 1.86. The first-order valence-corrected chi connectivity index (χ1v) is 4.47. The molecule has 0 radical (unpaired) electrons. The maximum atomic E-state index is 10.6. The van der Waals surface area contributed by atoms with Gasteiger partial charge >= 0.3 is 0 Å². The second kappa shape index (κ2) is 5.74. The van der Waals surface area contributed by atoms with Crippen molar-refractivity contribution in [2.24, 2.45) is 0 Å². The monoisotopic (exact) mass is 162 g/mol. The molecule has 0 aromatic rings. The fraction of sp³-hybridized carbons (Fsp3) is 0.857. The van der Waals surface area contributed by atoms with Crippen LogP contribution in [0.15, 0.2) is 0 Å². The molecule has 0 fully saturated rings. The summed E-state index contributed by atoms with van der Waals surface area (Å²) in [6.07, 6.45) is 1.53. The number of hydrogen-bond donors (Lipinski definition) is 1. The summed E-state index contributed by atoms with van der Waals surface area (Å²) in [5.41, 5.74) is 0. The predicted molar refractivity (Wildman–Crippen MR) is 44.1 cm³/mol. The second-order valence-corrected chi connectivity index (χ2v) is 3.49. The predicted octanol–water partition coefficient (Wildman–Crippen LogP) is 1.43. The first-order valence-electron chi connectivity index (χ1n) is 3.42. The van der Waals surface area contributed by atoms with Gasteiger partial charge in [0.05, 0.1) is 5.94 Å². The Kier molecular flexibility index (Phi) is 5.73. The van der Waals surface area contributed by atoms with Crippen LogP contribution in [-0.2, 0) is 4.79 Å². The van der Waals surface area contributed by atoms with Gasteiger partial charge in [0, 0.05) is 11.7 Å². The molecule has 2 nitrogen and oxygen atoms in total. The number of carbonyl (C=O) groups excluding carboxylic acids is 1. The van der Waals surface area contributed by atoms with Gasteiger partial charge in [-0.05, 0) is 13.3 Å². The minimum Gasteiger partial charge on any atom is -0.386 e. The van der Waals surface area contributed by atoms with Crippen molar-refractivity contribution < 1.29 is 9.90 Å².